The maximum absolute atomic E-state index is 11.9. The summed E-state index contributed by atoms with van der Waals surface area (Å²) in [5.41, 5.74) is 2.66. The predicted molar refractivity (Wildman–Crippen MR) is 62.1 cm³/mol. The molecule has 16 heavy (non-hydrogen) atoms. The van der Waals surface area contributed by atoms with E-state index in [-0.39, 0.29) is 10.9 Å². The molecular formula is C9H16N4O2S. The summed E-state index contributed by atoms with van der Waals surface area (Å²) in [7, 11) is -3.57. The Morgan fingerprint density at radius 1 is 1.56 bits per heavy atom. The lowest BCUT2D eigenvalue weighted by Crippen LogP contribution is -2.32. The SMILES string of the molecule is CCC(C)NS(=O)(=O)c1cnccc1NN. The molecule has 0 aliphatic heterocycles. The number of hydrogen-bond donors (Lipinski definition) is 3. The smallest absolute Gasteiger partial charge is 0.244 e. The second-order valence-corrected chi connectivity index (χ2v) is 5.13. The number of sulfonamides is 1. The van der Waals surface area contributed by atoms with E-state index in [4.69, 9.17) is 5.84 Å². The van der Waals surface area contributed by atoms with Gasteiger partial charge >= 0.3 is 0 Å². The molecule has 1 rings (SSSR count). The summed E-state index contributed by atoms with van der Waals surface area (Å²) in [6, 6.07) is 1.38. The first kappa shape index (κ1) is 12.9. The highest BCUT2D eigenvalue weighted by molar-refractivity contribution is 7.89. The second kappa shape index (κ2) is 5.24. The topological polar surface area (TPSA) is 97.1 Å². The molecule has 90 valence electrons. The Morgan fingerprint density at radius 2 is 2.25 bits per heavy atom. The summed E-state index contributed by atoms with van der Waals surface area (Å²) in [6.45, 7) is 3.70. The van der Waals surface area contributed by atoms with Crippen molar-refractivity contribution in [1.29, 1.82) is 0 Å². The molecule has 1 aromatic heterocycles. The van der Waals surface area contributed by atoms with Crippen molar-refractivity contribution in [3.8, 4) is 0 Å². The van der Waals surface area contributed by atoms with Crippen LogP contribution in [0.5, 0.6) is 0 Å². The standard InChI is InChI=1S/C9H16N4O2S/c1-3-7(2)13-16(14,15)9-6-11-5-4-8(9)12-10/h4-7,13H,3,10H2,1-2H3,(H,11,12). The van der Waals surface area contributed by atoms with E-state index in [9.17, 15) is 8.42 Å². The third kappa shape index (κ3) is 2.91. The lowest BCUT2D eigenvalue weighted by atomic mass is 10.3. The van der Waals surface area contributed by atoms with E-state index >= 15 is 0 Å². The van der Waals surface area contributed by atoms with Gasteiger partial charge in [0, 0.05) is 18.4 Å². The minimum Gasteiger partial charge on any atom is -0.323 e. The van der Waals surface area contributed by atoms with E-state index in [1.165, 1.54) is 18.5 Å². The number of hydrazine groups is 1. The van der Waals surface area contributed by atoms with Gasteiger partial charge in [0.15, 0.2) is 0 Å². The van der Waals surface area contributed by atoms with Crippen LogP contribution >= 0.6 is 0 Å². The van der Waals surface area contributed by atoms with Crippen molar-refractivity contribution in [3.05, 3.63) is 18.5 Å². The fourth-order valence-corrected chi connectivity index (χ4v) is 2.56. The lowest BCUT2D eigenvalue weighted by Gasteiger charge is -2.14. The van der Waals surface area contributed by atoms with Crippen LogP contribution in [0.1, 0.15) is 20.3 Å². The molecule has 0 aromatic carbocycles. The predicted octanol–water partition coefficient (Wildman–Crippen LogP) is 0.444. The zero-order chi connectivity index (χ0) is 12.2. The minimum absolute atomic E-state index is 0.0535. The summed E-state index contributed by atoms with van der Waals surface area (Å²) in [6.07, 6.45) is 3.45. The van der Waals surface area contributed by atoms with Crippen molar-refractivity contribution in [2.45, 2.75) is 31.2 Å². The molecule has 0 spiro atoms. The average Bonchev–Trinajstić information content (AvgIpc) is 2.28. The Morgan fingerprint density at radius 3 is 2.81 bits per heavy atom. The van der Waals surface area contributed by atoms with Crippen molar-refractivity contribution in [3.63, 3.8) is 0 Å². The molecule has 0 radical (unpaired) electrons. The third-order valence-corrected chi connectivity index (χ3v) is 3.82. The van der Waals surface area contributed by atoms with Gasteiger partial charge in [0.1, 0.15) is 4.90 Å². The minimum atomic E-state index is -3.57. The fourth-order valence-electron chi connectivity index (χ4n) is 1.13. The zero-order valence-electron chi connectivity index (χ0n) is 9.27. The van der Waals surface area contributed by atoms with Gasteiger partial charge in [0.05, 0.1) is 5.69 Å². The Kier molecular flexibility index (Phi) is 4.22. The van der Waals surface area contributed by atoms with E-state index in [2.05, 4.69) is 15.1 Å². The van der Waals surface area contributed by atoms with Crippen LogP contribution in [0.4, 0.5) is 5.69 Å². The lowest BCUT2D eigenvalue weighted by molar-refractivity contribution is 0.556. The Hall–Kier alpha value is -1.18. The van der Waals surface area contributed by atoms with Gasteiger partial charge in [-0.05, 0) is 19.4 Å². The number of nitrogens with two attached hydrogens (primary N) is 1. The first-order valence-corrected chi connectivity index (χ1v) is 6.42. The molecule has 0 saturated heterocycles. The Labute approximate surface area is 95.3 Å². The molecular weight excluding hydrogens is 228 g/mol. The first-order chi connectivity index (χ1) is 7.51. The molecule has 7 heteroatoms. The van der Waals surface area contributed by atoms with E-state index in [1.54, 1.807) is 6.92 Å². The molecule has 0 saturated carbocycles. The molecule has 0 aliphatic carbocycles. The number of nitrogens with zero attached hydrogens (tertiary/aromatic N) is 1. The van der Waals surface area contributed by atoms with Crippen LogP contribution in [0.25, 0.3) is 0 Å². The second-order valence-electron chi connectivity index (χ2n) is 3.45. The highest BCUT2D eigenvalue weighted by Gasteiger charge is 2.20. The first-order valence-electron chi connectivity index (χ1n) is 4.94. The summed E-state index contributed by atoms with van der Waals surface area (Å²) in [4.78, 5) is 3.83. The molecule has 0 amide bonds. The van der Waals surface area contributed by atoms with Crippen molar-refractivity contribution < 1.29 is 8.42 Å². The van der Waals surface area contributed by atoms with Crippen molar-refractivity contribution in [1.82, 2.24) is 9.71 Å². The van der Waals surface area contributed by atoms with E-state index in [1.807, 2.05) is 6.92 Å². The van der Waals surface area contributed by atoms with Crippen LogP contribution < -0.4 is 16.0 Å². The monoisotopic (exact) mass is 244 g/mol. The molecule has 6 nitrogen and oxygen atoms in total. The quantitative estimate of drug-likeness (QED) is 0.516. The third-order valence-electron chi connectivity index (χ3n) is 2.20. The summed E-state index contributed by atoms with van der Waals surface area (Å²) in [5.74, 6) is 5.24. The molecule has 1 aromatic rings. The number of nitrogen functional groups attached to an aromatic ring is 1. The van der Waals surface area contributed by atoms with Gasteiger partial charge in [0.25, 0.3) is 0 Å². The normalized spacial score (nSPS) is 13.4. The number of pyridine rings is 1. The van der Waals surface area contributed by atoms with Crippen LogP contribution in [0.2, 0.25) is 0 Å². The van der Waals surface area contributed by atoms with Crippen LogP contribution in [-0.2, 0) is 10.0 Å². The number of anilines is 1. The van der Waals surface area contributed by atoms with Crippen LogP contribution in [0.3, 0.4) is 0 Å². The summed E-state index contributed by atoms with van der Waals surface area (Å²) >= 11 is 0. The molecule has 4 N–H and O–H groups in total. The Balaban J connectivity index is 3.07. The molecule has 1 heterocycles. The molecule has 0 bridgehead atoms. The van der Waals surface area contributed by atoms with Gasteiger partial charge in [-0.25, -0.2) is 13.1 Å². The van der Waals surface area contributed by atoms with Gasteiger partial charge in [0.2, 0.25) is 10.0 Å². The number of rotatable bonds is 5. The molecule has 0 fully saturated rings. The van der Waals surface area contributed by atoms with Crippen molar-refractivity contribution in [2.75, 3.05) is 5.43 Å². The number of nitrogens with one attached hydrogen (secondary N) is 2. The average molecular weight is 244 g/mol. The largest absolute Gasteiger partial charge is 0.323 e. The van der Waals surface area contributed by atoms with Gasteiger partial charge in [-0.15, -0.1) is 0 Å². The van der Waals surface area contributed by atoms with Crippen LogP contribution in [0.15, 0.2) is 23.4 Å². The zero-order valence-corrected chi connectivity index (χ0v) is 10.1. The number of aromatic nitrogens is 1. The number of hydrogen-bond acceptors (Lipinski definition) is 5. The van der Waals surface area contributed by atoms with Gasteiger partial charge in [-0.1, -0.05) is 6.92 Å². The highest BCUT2D eigenvalue weighted by Crippen LogP contribution is 2.18. The fraction of sp³-hybridized carbons (Fsp3) is 0.444. The highest BCUT2D eigenvalue weighted by atomic mass is 32.2. The van der Waals surface area contributed by atoms with E-state index < -0.39 is 10.0 Å². The van der Waals surface area contributed by atoms with Gasteiger partial charge in [-0.2, -0.15) is 0 Å². The van der Waals surface area contributed by atoms with E-state index in [0.717, 1.165) is 0 Å². The Bertz CT molecular complexity index is 447. The summed E-state index contributed by atoms with van der Waals surface area (Å²) < 4.78 is 26.4. The maximum atomic E-state index is 11.9. The van der Waals surface area contributed by atoms with E-state index in [0.29, 0.717) is 12.1 Å². The molecule has 0 aliphatic rings. The maximum Gasteiger partial charge on any atom is 0.244 e. The van der Waals surface area contributed by atoms with Crippen molar-refractivity contribution in [2.24, 2.45) is 5.84 Å². The van der Waals surface area contributed by atoms with Gasteiger partial charge < -0.3 is 5.43 Å². The molecule has 1 unspecified atom stereocenters. The van der Waals surface area contributed by atoms with Crippen molar-refractivity contribution >= 4 is 15.7 Å². The van der Waals surface area contributed by atoms with Gasteiger partial charge in [-0.3, -0.25) is 10.8 Å². The molecule has 1 atom stereocenters. The van der Waals surface area contributed by atoms with Crippen LogP contribution in [-0.4, -0.2) is 19.4 Å². The summed E-state index contributed by atoms with van der Waals surface area (Å²) in [5, 5.41) is 0. The van der Waals surface area contributed by atoms with Crippen LogP contribution in [0, 0.1) is 0 Å².